The van der Waals surface area contributed by atoms with Crippen molar-refractivity contribution in [1.82, 2.24) is 14.7 Å². The van der Waals surface area contributed by atoms with E-state index in [1.807, 2.05) is 41.3 Å². The van der Waals surface area contributed by atoms with E-state index in [4.69, 9.17) is 9.84 Å². The van der Waals surface area contributed by atoms with Gasteiger partial charge in [-0.25, -0.2) is 4.68 Å². The molecular formula is C22H23N3O2. The Hall–Kier alpha value is -2.92. The van der Waals surface area contributed by atoms with E-state index in [9.17, 15) is 4.79 Å². The molecule has 1 amide bonds. The number of morpholine rings is 1. The molecule has 4 rings (SSSR count). The summed E-state index contributed by atoms with van der Waals surface area (Å²) in [5.41, 5.74) is 5.73. The molecule has 5 nitrogen and oxygen atoms in total. The minimum Gasteiger partial charge on any atom is -0.378 e. The number of amides is 1. The second-order valence-electron chi connectivity index (χ2n) is 6.87. The molecule has 1 aromatic heterocycles. The molecule has 0 bridgehead atoms. The molecule has 0 N–H and O–H groups in total. The molecule has 2 heterocycles. The zero-order valence-electron chi connectivity index (χ0n) is 15.7. The number of benzene rings is 2. The largest absolute Gasteiger partial charge is 0.378 e. The second-order valence-corrected chi connectivity index (χ2v) is 6.87. The van der Waals surface area contributed by atoms with Gasteiger partial charge in [0.15, 0.2) is 0 Å². The fourth-order valence-electron chi connectivity index (χ4n) is 3.27. The molecule has 0 spiro atoms. The van der Waals surface area contributed by atoms with Crippen molar-refractivity contribution in [1.29, 1.82) is 0 Å². The third kappa shape index (κ3) is 3.51. The van der Waals surface area contributed by atoms with Crippen LogP contribution in [0.25, 0.3) is 16.9 Å². The first kappa shape index (κ1) is 17.5. The number of aryl methyl sites for hydroxylation is 2. The third-order valence-electron chi connectivity index (χ3n) is 5.03. The van der Waals surface area contributed by atoms with Crippen LogP contribution in [-0.4, -0.2) is 46.9 Å². The van der Waals surface area contributed by atoms with Crippen LogP contribution in [0, 0.1) is 13.8 Å². The summed E-state index contributed by atoms with van der Waals surface area (Å²) in [4.78, 5) is 15.0. The Labute approximate surface area is 159 Å². The van der Waals surface area contributed by atoms with Crippen molar-refractivity contribution < 1.29 is 9.53 Å². The van der Waals surface area contributed by atoms with E-state index >= 15 is 0 Å². The van der Waals surface area contributed by atoms with E-state index in [1.165, 1.54) is 11.1 Å². The lowest BCUT2D eigenvalue weighted by molar-refractivity contribution is 0.0297. The Kier molecular flexibility index (Phi) is 4.77. The minimum atomic E-state index is -0.00950. The summed E-state index contributed by atoms with van der Waals surface area (Å²) in [5, 5.41) is 4.78. The molecule has 1 fully saturated rings. The Morgan fingerprint density at radius 1 is 0.963 bits per heavy atom. The molecule has 0 radical (unpaired) electrons. The Morgan fingerprint density at radius 3 is 2.41 bits per heavy atom. The van der Waals surface area contributed by atoms with E-state index in [2.05, 4.69) is 32.0 Å². The van der Waals surface area contributed by atoms with Gasteiger partial charge in [-0.2, -0.15) is 5.10 Å². The van der Waals surface area contributed by atoms with Gasteiger partial charge in [-0.3, -0.25) is 4.79 Å². The summed E-state index contributed by atoms with van der Waals surface area (Å²) >= 11 is 0. The molecule has 27 heavy (non-hydrogen) atoms. The van der Waals surface area contributed by atoms with Crippen molar-refractivity contribution in [3.05, 3.63) is 71.4 Å². The fraction of sp³-hybridized carbons (Fsp3) is 0.273. The van der Waals surface area contributed by atoms with Crippen LogP contribution >= 0.6 is 0 Å². The molecule has 0 unspecified atom stereocenters. The maximum atomic E-state index is 13.2. The summed E-state index contributed by atoms with van der Waals surface area (Å²) in [5.74, 6) is -0.00950. The van der Waals surface area contributed by atoms with E-state index in [1.54, 1.807) is 4.68 Å². The van der Waals surface area contributed by atoms with Crippen LogP contribution in [-0.2, 0) is 4.74 Å². The number of ether oxygens (including phenoxy) is 1. The van der Waals surface area contributed by atoms with E-state index in [-0.39, 0.29) is 5.91 Å². The van der Waals surface area contributed by atoms with E-state index < -0.39 is 0 Å². The standard InChI is InChI=1S/C22H23N3O2/c1-16-8-9-18(14-17(16)2)20-15-21(22(26)24-10-12-27-13-11-24)25(23-20)19-6-4-3-5-7-19/h3-9,14-15H,10-13H2,1-2H3. The topological polar surface area (TPSA) is 47.4 Å². The monoisotopic (exact) mass is 361 g/mol. The van der Waals surface area contributed by atoms with Crippen molar-refractivity contribution in [2.75, 3.05) is 26.3 Å². The second kappa shape index (κ2) is 7.37. The molecular weight excluding hydrogens is 338 g/mol. The van der Waals surface area contributed by atoms with Gasteiger partial charge in [-0.15, -0.1) is 0 Å². The fourth-order valence-corrected chi connectivity index (χ4v) is 3.27. The predicted octanol–water partition coefficient (Wildman–Crippen LogP) is 3.63. The Balaban J connectivity index is 1.79. The van der Waals surface area contributed by atoms with E-state index in [0.29, 0.717) is 32.0 Å². The first-order valence-corrected chi connectivity index (χ1v) is 9.23. The Morgan fingerprint density at radius 2 is 1.70 bits per heavy atom. The quantitative estimate of drug-likeness (QED) is 0.716. The number of nitrogens with zero attached hydrogens (tertiary/aromatic N) is 3. The van der Waals surface area contributed by atoms with Crippen LogP contribution in [0.5, 0.6) is 0 Å². The molecule has 0 aliphatic carbocycles. The Bertz CT molecular complexity index is 957. The van der Waals surface area contributed by atoms with Crippen LogP contribution in [0.4, 0.5) is 0 Å². The van der Waals surface area contributed by atoms with Crippen LogP contribution < -0.4 is 0 Å². The summed E-state index contributed by atoms with van der Waals surface area (Å²) in [6, 6.07) is 18.0. The maximum Gasteiger partial charge on any atom is 0.272 e. The average Bonchev–Trinajstić information content (AvgIpc) is 3.16. The lowest BCUT2D eigenvalue weighted by Crippen LogP contribution is -2.41. The molecule has 3 aromatic rings. The molecule has 1 saturated heterocycles. The SMILES string of the molecule is Cc1ccc(-c2cc(C(=O)N3CCOCC3)n(-c3ccccc3)n2)cc1C. The van der Waals surface area contributed by atoms with Gasteiger partial charge in [0.2, 0.25) is 0 Å². The average molecular weight is 361 g/mol. The number of carbonyl (C=O) groups is 1. The van der Waals surface area contributed by atoms with Crippen molar-refractivity contribution >= 4 is 5.91 Å². The van der Waals surface area contributed by atoms with Crippen LogP contribution in [0.1, 0.15) is 21.6 Å². The van der Waals surface area contributed by atoms with Crippen molar-refractivity contribution in [3.8, 4) is 16.9 Å². The number of hydrogen-bond donors (Lipinski definition) is 0. The third-order valence-corrected chi connectivity index (χ3v) is 5.03. The normalized spacial score (nSPS) is 14.4. The lowest BCUT2D eigenvalue weighted by atomic mass is 10.0. The summed E-state index contributed by atoms with van der Waals surface area (Å²) < 4.78 is 7.14. The van der Waals surface area contributed by atoms with Crippen molar-refractivity contribution in [2.45, 2.75) is 13.8 Å². The summed E-state index contributed by atoms with van der Waals surface area (Å²) in [6.45, 7) is 6.56. The summed E-state index contributed by atoms with van der Waals surface area (Å²) in [7, 11) is 0. The number of aromatic nitrogens is 2. The zero-order chi connectivity index (χ0) is 18.8. The van der Waals surface area contributed by atoms with Crippen LogP contribution in [0.3, 0.4) is 0 Å². The maximum absolute atomic E-state index is 13.2. The van der Waals surface area contributed by atoms with Gasteiger partial charge >= 0.3 is 0 Å². The van der Waals surface area contributed by atoms with Gasteiger partial charge in [0.1, 0.15) is 5.69 Å². The first-order chi connectivity index (χ1) is 13.1. The van der Waals surface area contributed by atoms with E-state index in [0.717, 1.165) is 16.9 Å². The minimum absolute atomic E-state index is 0.00950. The molecule has 0 saturated carbocycles. The molecule has 1 aliphatic rings. The number of carbonyl (C=O) groups excluding carboxylic acids is 1. The van der Waals surface area contributed by atoms with Gasteiger partial charge in [-0.1, -0.05) is 30.3 Å². The zero-order valence-corrected chi connectivity index (χ0v) is 15.7. The van der Waals surface area contributed by atoms with Gasteiger partial charge in [-0.05, 0) is 49.2 Å². The molecule has 0 atom stereocenters. The summed E-state index contributed by atoms with van der Waals surface area (Å²) in [6.07, 6.45) is 0. The highest BCUT2D eigenvalue weighted by atomic mass is 16.5. The van der Waals surface area contributed by atoms with Gasteiger partial charge in [0, 0.05) is 18.7 Å². The lowest BCUT2D eigenvalue weighted by Gasteiger charge is -2.26. The highest BCUT2D eigenvalue weighted by Gasteiger charge is 2.24. The predicted molar refractivity (Wildman–Crippen MR) is 105 cm³/mol. The number of para-hydroxylation sites is 1. The van der Waals surface area contributed by atoms with Gasteiger partial charge < -0.3 is 9.64 Å². The highest BCUT2D eigenvalue weighted by molar-refractivity contribution is 5.94. The van der Waals surface area contributed by atoms with Gasteiger partial charge in [0.05, 0.1) is 24.6 Å². The van der Waals surface area contributed by atoms with Crippen molar-refractivity contribution in [2.24, 2.45) is 0 Å². The number of hydrogen-bond acceptors (Lipinski definition) is 3. The first-order valence-electron chi connectivity index (χ1n) is 9.23. The molecule has 5 heteroatoms. The van der Waals surface area contributed by atoms with Crippen LogP contribution in [0.15, 0.2) is 54.6 Å². The van der Waals surface area contributed by atoms with Gasteiger partial charge in [0.25, 0.3) is 5.91 Å². The van der Waals surface area contributed by atoms with Crippen LogP contribution in [0.2, 0.25) is 0 Å². The molecule has 2 aromatic carbocycles. The molecule has 1 aliphatic heterocycles. The highest BCUT2D eigenvalue weighted by Crippen LogP contribution is 2.25. The smallest absolute Gasteiger partial charge is 0.272 e. The van der Waals surface area contributed by atoms with Crippen molar-refractivity contribution in [3.63, 3.8) is 0 Å². The number of rotatable bonds is 3. The molecule has 138 valence electrons.